The average molecular weight is 374 g/mol. The van der Waals surface area contributed by atoms with Gasteiger partial charge in [0, 0.05) is 49.5 Å². The molecule has 7 heteroatoms. The van der Waals surface area contributed by atoms with Crippen LogP contribution in [-0.2, 0) is 13.0 Å². The molecule has 0 aliphatic carbocycles. The van der Waals surface area contributed by atoms with Gasteiger partial charge in [0.2, 0.25) is 0 Å². The number of aromatic nitrogens is 4. The number of amides is 1. The van der Waals surface area contributed by atoms with Crippen molar-refractivity contribution in [3.63, 3.8) is 0 Å². The zero-order valence-corrected chi connectivity index (χ0v) is 16.2. The van der Waals surface area contributed by atoms with Crippen molar-refractivity contribution in [3.05, 3.63) is 70.4 Å². The highest BCUT2D eigenvalue weighted by atomic mass is 16.1. The second kappa shape index (κ2) is 7.34. The zero-order valence-electron chi connectivity index (χ0n) is 16.2. The topological polar surface area (TPSA) is 83.9 Å². The molecule has 1 aliphatic rings. The van der Waals surface area contributed by atoms with Gasteiger partial charge < -0.3 is 10.2 Å². The number of pyridine rings is 2. The van der Waals surface area contributed by atoms with E-state index in [1.54, 1.807) is 24.5 Å². The number of carbonyl (C=O) groups excluding carboxylic acids is 1. The van der Waals surface area contributed by atoms with Gasteiger partial charge in [0.25, 0.3) is 5.91 Å². The normalized spacial score (nSPS) is 13.2. The van der Waals surface area contributed by atoms with E-state index in [2.05, 4.69) is 43.4 Å². The van der Waals surface area contributed by atoms with E-state index in [4.69, 9.17) is 0 Å². The number of hydrogen-bond donors (Lipinski definition) is 1. The van der Waals surface area contributed by atoms with Gasteiger partial charge in [-0.2, -0.15) is 0 Å². The summed E-state index contributed by atoms with van der Waals surface area (Å²) in [4.78, 5) is 23.3. The van der Waals surface area contributed by atoms with Crippen LogP contribution < -0.4 is 10.2 Å². The highest BCUT2D eigenvalue weighted by Gasteiger charge is 2.23. The van der Waals surface area contributed by atoms with Crippen molar-refractivity contribution in [2.24, 2.45) is 0 Å². The molecule has 1 N–H and O–H groups in total. The Morgan fingerprint density at radius 3 is 2.68 bits per heavy atom. The predicted molar refractivity (Wildman–Crippen MR) is 107 cm³/mol. The molecule has 4 heterocycles. The van der Waals surface area contributed by atoms with E-state index in [9.17, 15) is 4.79 Å². The summed E-state index contributed by atoms with van der Waals surface area (Å²) in [6, 6.07) is 5.66. The molecule has 0 unspecified atom stereocenters. The third-order valence-electron chi connectivity index (χ3n) is 5.13. The first kappa shape index (κ1) is 18.0. The smallest absolute Gasteiger partial charge is 0.276 e. The van der Waals surface area contributed by atoms with Crippen molar-refractivity contribution in [2.45, 2.75) is 33.7 Å². The van der Waals surface area contributed by atoms with Crippen molar-refractivity contribution < 1.29 is 4.79 Å². The van der Waals surface area contributed by atoms with E-state index in [0.29, 0.717) is 11.4 Å². The number of hydrogen-bond acceptors (Lipinski definition) is 6. The fraction of sp³-hybridized carbons (Fsp3) is 0.286. The molecule has 0 radical (unpaired) electrons. The minimum absolute atomic E-state index is 0.269. The monoisotopic (exact) mass is 374 g/mol. The van der Waals surface area contributed by atoms with Gasteiger partial charge in [-0.15, -0.1) is 10.2 Å². The van der Waals surface area contributed by atoms with Crippen LogP contribution >= 0.6 is 0 Å². The molecular formula is C21H22N6O. The summed E-state index contributed by atoms with van der Waals surface area (Å²) >= 11 is 0. The van der Waals surface area contributed by atoms with Crippen LogP contribution in [0, 0.1) is 20.8 Å². The molecule has 1 aliphatic heterocycles. The van der Waals surface area contributed by atoms with E-state index in [1.165, 1.54) is 5.56 Å². The number of nitrogens with zero attached hydrogens (tertiary/aromatic N) is 5. The van der Waals surface area contributed by atoms with Gasteiger partial charge in [-0.1, -0.05) is 6.07 Å². The quantitative estimate of drug-likeness (QED) is 0.759. The Morgan fingerprint density at radius 2 is 1.89 bits per heavy atom. The molecule has 0 saturated carbocycles. The lowest BCUT2D eigenvalue weighted by Gasteiger charge is -2.30. The second-order valence-electron chi connectivity index (χ2n) is 7.10. The van der Waals surface area contributed by atoms with Gasteiger partial charge in [-0.25, -0.2) is 0 Å². The first-order valence-electron chi connectivity index (χ1n) is 9.27. The molecule has 0 saturated heterocycles. The predicted octanol–water partition coefficient (Wildman–Crippen LogP) is 3.01. The molecular weight excluding hydrogens is 352 g/mol. The molecule has 0 atom stereocenters. The molecule has 0 bridgehead atoms. The third-order valence-corrected chi connectivity index (χ3v) is 5.13. The molecule has 3 aromatic heterocycles. The first-order chi connectivity index (χ1) is 13.5. The Bertz CT molecular complexity index is 1030. The molecule has 4 rings (SSSR count). The number of carbonyl (C=O) groups is 1. The van der Waals surface area contributed by atoms with Gasteiger partial charge in [-0.3, -0.25) is 14.8 Å². The summed E-state index contributed by atoms with van der Waals surface area (Å²) < 4.78 is 0. The van der Waals surface area contributed by atoms with E-state index in [0.717, 1.165) is 47.7 Å². The lowest BCUT2D eigenvalue weighted by atomic mass is 10.0. The fourth-order valence-electron chi connectivity index (χ4n) is 3.46. The van der Waals surface area contributed by atoms with E-state index in [1.807, 2.05) is 20.0 Å². The van der Waals surface area contributed by atoms with E-state index >= 15 is 0 Å². The maximum Gasteiger partial charge on any atom is 0.276 e. The molecule has 28 heavy (non-hydrogen) atoms. The highest BCUT2D eigenvalue weighted by molar-refractivity contribution is 6.04. The molecule has 3 aromatic rings. The summed E-state index contributed by atoms with van der Waals surface area (Å²) in [5.74, 6) is 0.555. The van der Waals surface area contributed by atoms with Crippen molar-refractivity contribution in [1.29, 1.82) is 0 Å². The van der Waals surface area contributed by atoms with Crippen molar-refractivity contribution in [2.75, 3.05) is 16.8 Å². The molecule has 0 spiro atoms. The van der Waals surface area contributed by atoms with Crippen LogP contribution in [0.2, 0.25) is 0 Å². The van der Waals surface area contributed by atoms with Gasteiger partial charge in [0.1, 0.15) is 0 Å². The first-order valence-corrected chi connectivity index (χ1v) is 9.27. The number of nitrogens with one attached hydrogen (secondary N) is 1. The molecule has 1 amide bonds. The van der Waals surface area contributed by atoms with Crippen LogP contribution in [0.25, 0.3) is 0 Å². The van der Waals surface area contributed by atoms with Gasteiger partial charge in [0.05, 0.1) is 0 Å². The summed E-state index contributed by atoms with van der Waals surface area (Å²) in [6.07, 6.45) is 6.06. The number of rotatable bonds is 3. The second-order valence-corrected chi connectivity index (χ2v) is 7.10. The standard InChI is InChI=1S/C21H22N6O/c1-13-10-16-12-27(9-6-18(16)23-11-13)20-15(3)14(2)19(25-26-20)21(28)24-17-4-7-22-8-5-17/h4-5,7-8,10-11H,6,9,12H2,1-3H3,(H,22,24,28). The maximum absolute atomic E-state index is 12.6. The molecule has 142 valence electrons. The minimum Gasteiger partial charge on any atom is -0.350 e. The molecule has 0 aromatic carbocycles. The van der Waals surface area contributed by atoms with E-state index < -0.39 is 0 Å². The summed E-state index contributed by atoms with van der Waals surface area (Å²) in [5, 5.41) is 11.5. The third kappa shape index (κ3) is 3.43. The van der Waals surface area contributed by atoms with Crippen LogP contribution in [0.15, 0.2) is 36.8 Å². The summed E-state index contributed by atoms with van der Waals surface area (Å²) in [7, 11) is 0. The average Bonchev–Trinajstić information content (AvgIpc) is 2.70. The lowest BCUT2D eigenvalue weighted by Crippen LogP contribution is -2.33. The number of aryl methyl sites for hydroxylation is 1. The summed E-state index contributed by atoms with van der Waals surface area (Å²) in [6.45, 7) is 7.55. The van der Waals surface area contributed by atoms with Gasteiger partial charge >= 0.3 is 0 Å². The Hall–Kier alpha value is -3.35. The molecule has 7 nitrogen and oxygen atoms in total. The van der Waals surface area contributed by atoms with Crippen LogP contribution in [0.5, 0.6) is 0 Å². The van der Waals surface area contributed by atoms with Crippen LogP contribution in [0.4, 0.5) is 11.5 Å². The van der Waals surface area contributed by atoms with Crippen molar-refractivity contribution in [3.8, 4) is 0 Å². The zero-order chi connectivity index (χ0) is 19.7. The SMILES string of the molecule is Cc1cnc2c(c1)CN(c1nnc(C(=O)Nc3ccncc3)c(C)c1C)CC2. The Labute approximate surface area is 163 Å². The number of fused-ring (bicyclic) bond motifs is 1. The highest BCUT2D eigenvalue weighted by Crippen LogP contribution is 2.27. The summed E-state index contributed by atoms with van der Waals surface area (Å²) in [5.41, 5.74) is 6.36. The van der Waals surface area contributed by atoms with Crippen LogP contribution in [0.3, 0.4) is 0 Å². The largest absolute Gasteiger partial charge is 0.350 e. The maximum atomic E-state index is 12.6. The number of anilines is 2. The Kier molecular flexibility index (Phi) is 4.73. The van der Waals surface area contributed by atoms with Gasteiger partial charge in [0.15, 0.2) is 11.5 Å². The van der Waals surface area contributed by atoms with Crippen LogP contribution in [0.1, 0.15) is 38.4 Å². The van der Waals surface area contributed by atoms with Gasteiger partial charge in [-0.05, 0) is 55.2 Å². The van der Waals surface area contributed by atoms with Crippen molar-refractivity contribution >= 4 is 17.4 Å². The van der Waals surface area contributed by atoms with Crippen LogP contribution in [-0.4, -0.2) is 32.6 Å². The Morgan fingerprint density at radius 1 is 1.11 bits per heavy atom. The van der Waals surface area contributed by atoms with E-state index in [-0.39, 0.29) is 5.91 Å². The van der Waals surface area contributed by atoms with Crippen molar-refractivity contribution in [1.82, 2.24) is 20.2 Å². The minimum atomic E-state index is -0.269. The fourth-order valence-corrected chi connectivity index (χ4v) is 3.46. The Balaban J connectivity index is 1.59. The molecule has 0 fully saturated rings. The lowest BCUT2D eigenvalue weighted by molar-refractivity contribution is 0.102.